The summed E-state index contributed by atoms with van der Waals surface area (Å²) in [4.78, 5) is 2.53. The number of hydrogen-bond donors (Lipinski definition) is 0. The lowest BCUT2D eigenvalue weighted by Crippen LogP contribution is -2.48. The molecule has 1 rings (SSSR count). The molecule has 0 fully saturated rings. The fraction of sp³-hybridized carbons (Fsp3) is 0.800. The summed E-state index contributed by atoms with van der Waals surface area (Å²) in [6, 6.07) is 0.662. The van der Waals surface area contributed by atoms with Gasteiger partial charge in [-0.25, -0.2) is 0 Å². The molecular weight excluding hydrogens is 134 g/mol. The summed E-state index contributed by atoms with van der Waals surface area (Å²) in [5, 5.41) is 0. The predicted molar refractivity (Wildman–Crippen MR) is 49.7 cm³/mol. The van der Waals surface area contributed by atoms with Gasteiger partial charge in [0.15, 0.2) is 0 Å². The van der Waals surface area contributed by atoms with Gasteiger partial charge in [-0.1, -0.05) is 12.2 Å². The van der Waals surface area contributed by atoms with Crippen LogP contribution in [-0.4, -0.2) is 23.0 Å². The first-order valence-electron chi connectivity index (χ1n) is 4.48. The molecule has 0 bridgehead atoms. The van der Waals surface area contributed by atoms with Gasteiger partial charge in [-0.15, -0.1) is 0 Å². The van der Waals surface area contributed by atoms with Crippen molar-refractivity contribution < 1.29 is 0 Å². The highest BCUT2D eigenvalue weighted by molar-refractivity contribution is 5.07. The van der Waals surface area contributed by atoms with E-state index in [0.717, 1.165) is 0 Å². The van der Waals surface area contributed by atoms with E-state index in [9.17, 15) is 0 Å². The van der Waals surface area contributed by atoms with Crippen LogP contribution in [0.3, 0.4) is 0 Å². The van der Waals surface area contributed by atoms with E-state index < -0.39 is 0 Å². The van der Waals surface area contributed by atoms with Crippen LogP contribution in [0.2, 0.25) is 0 Å². The van der Waals surface area contributed by atoms with Gasteiger partial charge in [-0.3, -0.25) is 4.90 Å². The highest BCUT2D eigenvalue weighted by atomic mass is 15.2. The third kappa shape index (κ3) is 1.84. The minimum atomic E-state index is 0.270. The van der Waals surface area contributed by atoms with Crippen molar-refractivity contribution in [3.8, 4) is 0 Å². The van der Waals surface area contributed by atoms with Crippen LogP contribution in [0, 0.1) is 0 Å². The molecule has 0 N–H and O–H groups in total. The lowest BCUT2D eigenvalue weighted by atomic mass is 9.96. The van der Waals surface area contributed by atoms with Crippen LogP contribution in [0.15, 0.2) is 12.2 Å². The zero-order valence-corrected chi connectivity index (χ0v) is 8.09. The molecule has 0 radical (unpaired) electrons. The molecule has 0 aromatic rings. The Morgan fingerprint density at radius 1 is 1.36 bits per heavy atom. The quantitative estimate of drug-likeness (QED) is 0.523. The van der Waals surface area contributed by atoms with Gasteiger partial charge >= 0.3 is 0 Å². The number of rotatable bonds is 1. The zero-order valence-electron chi connectivity index (χ0n) is 8.09. The van der Waals surface area contributed by atoms with Gasteiger partial charge in [-0.2, -0.15) is 0 Å². The Balaban J connectivity index is 2.72. The van der Waals surface area contributed by atoms with Crippen molar-refractivity contribution in [2.75, 3.05) is 6.54 Å². The van der Waals surface area contributed by atoms with Crippen LogP contribution in [0.4, 0.5) is 0 Å². The summed E-state index contributed by atoms with van der Waals surface area (Å²) in [6.07, 6.45) is 5.82. The Morgan fingerprint density at radius 2 is 2.00 bits per heavy atom. The van der Waals surface area contributed by atoms with Crippen molar-refractivity contribution in [2.24, 2.45) is 0 Å². The van der Waals surface area contributed by atoms with Crippen LogP contribution in [0.1, 0.15) is 34.1 Å². The summed E-state index contributed by atoms with van der Waals surface area (Å²) >= 11 is 0. The lowest BCUT2D eigenvalue weighted by Gasteiger charge is -2.41. The van der Waals surface area contributed by atoms with E-state index in [2.05, 4.69) is 44.7 Å². The first-order chi connectivity index (χ1) is 5.04. The third-order valence-corrected chi connectivity index (χ3v) is 2.43. The normalized spacial score (nSPS) is 24.5. The van der Waals surface area contributed by atoms with Crippen molar-refractivity contribution in [3.63, 3.8) is 0 Å². The highest BCUT2D eigenvalue weighted by Gasteiger charge is 2.27. The van der Waals surface area contributed by atoms with E-state index in [1.54, 1.807) is 0 Å². The summed E-state index contributed by atoms with van der Waals surface area (Å²) in [5.74, 6) is 0. The second-order valence-corrected chi connectivity index (χ2v) is 4.13. The van der Waals surface area contributed by atoms with Crippen molar-refractivity contribution in [2.45, 2.75) is 45.7 Å². The lowest BCUT2D eigenvalue weighted by molar-refractivity contribution is 0.115. The van der Waals surface area contributed by atoms with E-state index in [-0.39, 0.29) is 5.54 Å². The molecule has 0 spiro atoms. The van der Waals surface area contributed by atoms with Crippen molar-refractivity contribution >= 4 is 0 Å². The Hall–Kier alpha value is -0.300. The molecule has 1 heteroatoms. The van der Waals surface area contributed by atoms with Crippen LogP contribution >= 0.6 is 0 Å². The molecule has 1 nitrogen and oxygen atoms in total. The molecule has 1 aliphatic rings. The van der Waals surface area contributed by atoms with E-state index in [1.807, 2.05) is 0 Å². The van der Waals surface area contributed by atoms with E-state index in [4.69, 9.17) is 0 Å². The Kier molecular flexibility index (Phi) is 2.38. The summed E-state index contributed by atoms with van der Waals surface area (Å²) < 4.78 is 0. The van der Waals surface area contributed by atoms with Gasteiger partial charge in [-0.05, 0) is 34.1 Å². The molecule has 0 aromatic carbocycles. The minimum Gasteiger partial charge on any atom is -0.292 e. The van der Waals surface area contributed by atoms with Crippen LogP contribution in [-0.2, 0) is 0 Å². The maximum atomic E-state index is 2.53. The summed E-state index contributed by atoms with van der Waals surface area (Å²) in [5.41, 5.74) is 0.270. The van der Waals surface area contributed by atoms with Crippen molar-refractivity contribution in [3.05, 3.63) is 12.2 Å². The molecule has 0 aliphatic carbocycles. The second kappa shape index (κ2) is 2.98. The predicted octanol–water partition coefficient (Wildman–Crippen LogP) is 2.44. The molecule has 1 aliphatic heterocycles. The SMILES string of the molecule is CC(C)N1CCC=CC1(C)C. The Labute approximate surface area is 70.1 Å². The fourth-order valence-electron chi connectivity index (χ4n) is 1.89. The molecule has 11 heavy (non-hydrogen) atoms. The van der Waals surface area contributed by atoms with Crippen LogP contribution in [0.25, 0.3) is 0 Å². The molecule has 0 amide bonds. The van der Waals surface area contributed by atoms with Crippen LogP contribution in [0.5, 0.6) is 0 Å². The smallest absolute Gasteiger partial charge is 0.0337 e. The first kappa shape index (κ1) is 8.79. The monoisotopic (exact) mass is 153 g/mol. The second-order valence-electron chi connectivity index (χ2n) is 4.13. The van der Waals surface area contributed by atoms with Gasteiger partial charge in [0.25, 0.3) is 0 Å². The zero-order chi connectivity index (χ0) is 8.48. The van der Waals surface area contributed by atoms with Gasteiger partial charge in [0, 0.05) is 18.1 Å². The van der Waals surface area contributed by atoms with Gasteiger partial charge in [0.2, 0.25) is 0 Å². The first-order valence-corrected chi connectivity index (χ1v) is 4.48. The summed E-state index contributed by atoms with van der Waals surface area (Å²) in [6.45, 7) is 10.3. The minimum absolute atomic E-state index is 0.270. The maximum Gasteiger partial charge on any atom is 0.0337 e. The Bertz CT molecular complexity index is 156. The molecule has 0 saturated heterocycles. The largest absolute Gasteiger partial charge is 0.292 e. The molecule has 0 aromatic heterocycles. The molecule has 1 heterocycles. The van der Waals surface area contributed by atoms with Crippen molar-refractivity contribution in [1.82, 2.24) is 4.90 Å². The van der Waals surface area contributed by atoms with Crippen LogP contribution < -0.4 is 0 Å². The standard InChI is InChI=1S/C10H19N/c1-9(2)11-8-6-5-7-10(11,3)4/h5,7,9H,6,8H2,1-4H3. The molecule has 0 unspecified atom stereocenters. The Morgan fingerprint density at radius 3 is 2.36 bits per heavy atom. The molecule has 0 atom stereocenters. The van der Waals surface area contributed by atoms with E-state index >= 15 is 0 Å². The summed E-state index contributed by atoms with van der Waals surface area (Å²) in [7, 11) is 0. The van der Waals surface area contributed by atoms with Gasteiger partial charge in [0.05, 0.1) is 0 Å². The number of nitrogens with zero attached hydrogens (tertiary/aromatic N) is 1. The van der Waals surface area contributed by atoms with Crippen molar-refractivity contribution in [1.29, 1.82) is 0 Å². The fourth-order valence-corrected chi connectivity index (χ4v) is 1.89. The molecule has 0 saturated carbocycles. The van der Waals surface area contributed by atoms with E-state index in [1.165, 1.54) is 13.0 Å². The highest BCUT2D eigenvalue weighted by Crippen LogP contribution is 2.23. The number of hydrogen-bond acceptors (Lipinski definition) is 1. The van der Waals surface area contributed by atoms with Gasteiger partial charge < -0.3 is 0 Å². The van der Waals surface area contributed by atoms with E-state index in [0.29, 0.717) is 6.04 Å². The van der Waals surface area contributed by atoms with Gasteiger partial charge in [0.1, 0.15) is 0 Å². The third-order valence-electron chi connectivity index (χ3n) is 2.43. The maximum absolute atomic E-state index is 2.53. The molecule has 64 valence electrons. The topological polar surface area (TPSA) is 3.24 Å². The average Bonchev–Trinajstić information content (AvgIpc) is 1.85. The average molecular weight is 153 g/mol. The molecular formula is C10H19N.